The Morgan fingerprint density at radius 3 is 2.35 bits per heavy atom. The summed E-state index contributed by atoms with van der Waals surface area (Å²) >= 11 is 0. The molecule has 1 aromatic heterocycles. The van der Waals surface area contributed by atoms with Gasteiger partial charge in [0.15, 0.2) is 0 Å². The number of benzene rings is 3. The fourth-order valence-electron chi connectivity index (χ4n) is 4.56. The quantitative estimate of drug-likeness (QED) is 0.390. The molecule has 2 atom stereocenters. The Kier molecular flexibility index (Phi) is 7.21. The van der Waals surface area contributed by atoms with Crippen molar-refractivity contribution in [2.45, 2.75) is 25.4 Å². The number of amides is 2. The predicted octanol–water partition coefficient (Wildman–Crippen LogP) is 4.31. The first-order chi connectivity index (χ1) is 18.0. The van der Waals surface area contributed by atoms with Gasteiger partial charge in [0.2, 0.25) is 11.8 Å². The molecule has 1 N–H and O–H groups in total. The van der Waals surface area contributed by atoms with Crippen molar-refractivity contribution in [3.8, 4) is 11.5 Å². The molecule has 1 aliphatic heterocycles. The molecule has 2 amide bonds. The first-order valence-corrected chi connectivity index (χ1v) is 12.1. The van der Waals surface area contributed by atoms with Crippen molar-refractivity contribution in [1.29, 1.82) is 0 Å². The fourth-order valence-corrected chi connectivity index (χ4v) is 4.56. The second-order valence-electron chi connectivity index (χ2n) is 9.02. The van der Waals surface area contributed by atoms with Crippen LogP contribution in [0.5, 0.6) is 11.5 Å². The summed E-state index contributed by atoms with van der Waals surface area (Å²) < 4.78 is 20.3. The van der Waals surface area contributed by atoms with Crippen LogP contribution >= 0.6 is 0 Å². The van der Waals surface area contributed by atoms with Gasteiger partial charge in [-0.15, -0.1) is 5.10 Å². The van der Waals surface area contributed by atoms with Crippen molar-refractivity contribution in [3.63, 3.8) is 0 Å². The van der Waals surface area contributed by atoms with Gasteiger partial charge in [0.05, 0.1) is 6.20 Å². The average Bonchev–Trinajstić information content (AvgIpc) is 3.57. The van der Waals surface area contributed by atoms with Gasteiger partial charge in [-0.05, 0) is 72.9 Å². The number of likely N-dealkylation sites (tertiary alicyclic amines) is 1. The summed E-state index contributed by atoms with van der Waals surface area (Å²) in [6.07, 6.45) is 4.49. The van der Waals surface area contributed by atoms with Gasteiger partial charge in [0.25, 0.3) is 0 Å². The number of nitrogens with one attached hydrogen (secondary N) is 1. The molecule has 188 valence electrons. The van der Waals surface area contributed by atoms with Crippen LogP contribution in [0.25, 0.3) is 0 Å². The maximum atomic E-state index is 13.3. The average molecular weight is 500 g/mol. The summed E-state index contributed by atoms with van der Waals surface area (Å²) in [5, 5.41) is 10.6. The molecule has 1 saturated heterocycles. The molecule has 0 radical (unpaired) electrons. The normalized spacial score (nSPS) is 16.9. The number of rotatable bonds is 8. The molecule has 0 spiro atoms. The van der Waals surface area contributed by atoms with Crippen molar-refractivity contribution in [2.75, 3.05) is 11.9 Å². The molecule has 2 heterocycles. The Balaban J connectivity index is 1.26. The first-order valence-electron chi connectivity index (χ1n) is 12.1. The molecule has 37 heavy (non-hydrogen) atoms. The Hall–Kier alpha value is -4.53. The van der Waals surface area contributed by atoms with E-state index in [1.807, 2.05) is 18.2 Å². The van der Waals surface area contributed by atoms with Gasteiger partial charge in [0, 0.05) is 18.4 Å². The zero-order valence-corrected chi connectivity index (χ0v) is 20.0. The SMILES string of the molecule is O=C(Nc1ccc(Oc2ccc(F)cc2)cc1)[C@@H]1C[C@@H](Cc2ccccc2)CN1C(=O)Cn1ccnn1. The summed E-state index contributed by atoms with van der Waals surface area (Å²) in [4.78, 5) is 28.1. The predicted molar refractivity (Wildman–Crippen MR) is 135 cm³/mol. The van der Waals surface area contributed by atoms with Gasteiger partial charge in [-0.1, -0.05) is 35.5 Å². The lowest BCUT2D eigenvalue weighted by Crippen LogP contribution is -2.44. The van der Waals surface area contributed by atoms with E-state index in [2.05, 4.69) is 27.8 Å². The van der Waals surface area contributed by atoms with Gasteiger partial charge >= 0.3 is 0 Å². The number of anilines is 1. The fraction of sp³-hybridized carbons (Fsp3) is 0.214. The lowest BCUT2D eigenvalue weighted by Gasteiger charge is -2.24. The van der Waals surface area contributed by atoms with Crippen molar-refractivity contribution in [3.05, 3.63) is 103 Å². The molecule has 8 nitrogen and oxygen atoms in total. The van der Waals surface area contributed by atoms with Crippen LogP contribution in [0.2, 0.25) is 0 Å². The molecular weight excluding hydrogens is 473 g/mol. The van der Waals surface area contributed by atoms with Crippen LogP contribution in [0, 0.1) is 11.7 Å². The van der Waals surface area contributed by atoms with E-state index < -0.39 is 6.04 Å². The Morgan fingerprint density at radius 2 is 1.68 bits per heavy atom. The molecule has 0 unspecified atom stereocenters. The third kappa shape index (κ3) is 6.19. The van der Waals surface area contributed by atoms with E-state index in [0.29, 0.717) is 30.2 Å². The topological polar surface area (TPSA) is 89.4 Å². The molecule has 3 aromatic carbocycles. The van der Waals surface area contributed by atoms with Gasteiger partial charge in [0.1, 0.15) is 29.9 Å². The lowest BCUT2D eigenvalue weighted by atomic mass is 9.96. The Morgan fingerprint density at radius 1 is 0.973 bits per heavy atom. The van der Waals surface area contributed by atoms with Gasteiger partial charge < -0.3 is 15.0 Å². The molecule has 0 saturated carbocycles. The van der Waals surface area contributed by atoms with E-state index in [9.17, 15) is 14.0 Å². The molecule has 1 fully saturated rings. The monoisotopic (exact) mass is 499 g/mol. The molecule has 0 bridgehead atoms. The standard InChI is InChI=1S/C28H26FN5O3/c29-22-6-10-24(11-7-22)37-25-12-8-23(9-13-25)31-28(36)26-17-21(16-20-4-2-1-3-5-20)18-34(26)27(35)19-33-15-14-30-32-33/h1-15,21,26H,16-19H2,(H,31,36)/t21-,26+/m1/s1. The smallest absolute Gasteiger partial charge is 0.247 e. The minimum atomic E-state index is -0.597. The summed E-state index contributed by atoms with van der Waals surface area (Å²) in [6.45, 7) is 0.516. The van der Waals surface area contributed by atoms with E-state index in [-0.39, 0.29) is 30.1 Å². The van der Waals surface area contributed by atoms with Crippen LogP contribution in [0.4, 0.5) is 10.1 Å². The zero-order valence-electron chi connectivity index (χ0n) is 20.0. The second-order valence-corrected chi connectivity index (χ2v) is 9.02. The van der Waals surface area contributed by atoms with E-state index >= 15 is 0 Å². The van der Waals surface area contributed by atoms with Crippen molar-refractivity contribution < 1.29 is 18.7 Å². The van der Waals surface area contributed by atoms with Crippen LogP contribution < -0.4 is 10.1 Å². The van der Waals surface area contributed by atoms with Crippen LogP contribution in [-0.2, 0) is 22.6 Å². The van der Waals surface area contributed by atoms with Gasteiger partial charge in [-0.25, -0.2) is 9.07 Å². The van der Waals surface area contributed by atoms with Crippen LogP contribution in [-0.4, -0.2) is 44.3 Å². The van der Waals surface area contributed by atoms with E-state index in [0.717, 1.165) is 6.42 Å². The summed E-state index contributed by atoms with van der Waals surface area (Å²) in [6, 6.07) is 22.1. The van der Waals surface area contributed by atoms with Gasteiger partial charge in [-0.2, -0.15) is 0 Å². The highest BCUT2D eigenvalue weighted by Crippen LogP contribution is 2.29. The van der Waals surface area contributed by atoms with Crippen LogP contribution in [0.1, 0.15) is 12.0 Å². The molecule has 4 aromatic rings. The van der Waals surface area contributed by atoms with Crippen molar-refractivity contribution in [1.82, 2.24) is 19.9 Å². The highest BCUT2D eigenvalue weighted by molar-refractivity contribution is 5.97. The van der Waals surface area contributed by atoms with E-state index in [4.69, 9.17) is 4.74 Å². The number of hydrogen-bond acceptors (Lipinski definition) is 5. The highest BCUT2D eigenvalue weighted by Gasteiger charge is 2.39. The number of aromatic nitrogens is 3. The number of ether oxygens (including phenoxy) is 1. The zero-order chi connectivity index (χ0) is 25.6. The number of halogens is 1. The first kappa shape index (κ1) is 24.2. The minimum Gasteiger partial charge on any atom is -0.457 e. The number of carbonyl (C=O) groups is 2. The number of hydrogen-bond donors (Lipinski definition) is 1. The molecular formula is C28H26FN5O3. The molecule has 1 aliphatic rings. The maximum Gasteiger partial charge on any atom is 0.247 e. The van der Waals surface area contributed by atoms with E-state index in [1.54, 1.807) is 47.5 Å². The minimum absolute atomic E-state index is 0.0251. The third-order valence-corrected chi connectivity index (χ3v) is 6.32. The molecule has 9 heteroatoms. The summed E-state index contributed by atoms with van der Waals surface area (Å²) in [5.74, 6) is 0.466. The lowest BCUT2D eigenvalue weighted by molar-refractivity contribution is -0.137. The van der Waals surface area contributed by atoms with E-state index in [1.165, 1.54) is 28.6 Å². The molecule has 5 rings (SSSR count). The maximum absolute atomic E-state index is 13.3. The van der Waals surface area contributed by atoms with Crippen LogP contribution in [0.15, 0.2) is 91.3 Å². The summed E-state index contributed by atoms with van der Waals surface area (Å²) in [5.41, 5.74) is 1.76. The summed E-state index contributed by atoms with van der Waals surface area (Å²) in [7, 11) is 0. The Labute approximate surface area is 213 Å². The van der Waals surface area contributed by atoms with Crippen molar-refractivity contribution >= 4 is 17.5 Å². The number of nitrogens with zero attached hydrogens (tertiary/aromatic N) is 4. The van der Waals surface area contributed by atoms with Crippen LogP contribution in [0.3, 0.4) is 0 Å². The molecule has 0 aliphatic carbocycles. The third-order valence-electron chi connectivity index (χ3n) is 6.32. The highest BCUT2D eigenvalue weighted by atomic mass is 19.1. The Bertz CT molecular complexity index is 1330. The second kappa shape index (κ2) is 11.0. The van der Waals surface area contributed by atoms with Crippen molar-refractivity contribution in [2.24, 2.45) is 5.92 Å². The largest absolute Gasteiger partial charge is 0.457 e. The number of carbonyl (C=O) groups excluding carboxylic acids is 2. The van der Waals surface area contributed by atoms with Gasteiger partial charge in [-0.3, -0.25) is 9.59 Å².